The third-order valence-corrected chi connectivity index (χ3v) is 3.34. The molecule has 0 saturated heterocycles. The molecule has 1 aromatic heterocycles. The van der Waals surface area contributed by atoms with E-state index in [0.29, 0.717) is 17.4 Å². The number of methoxy groups -OCH3 is 1. The lowest BCUT2D eigenvalue weighted by molar-refractivity contribution is 0.394. The minimum Gasteiger partial charge on any atom is -0.481 e. The van der Waals surface area contributed by atoms with Crippen molar-refractivity contribution >= 4 is 10.8 Å². The molecule has 0 saturated carbocycles. The van der Waals surface area contributed by atoms with Gasteiger partial charge in [0.2, 0.25) is 5.88 Å². The molecule has 1 aromatic rings. The first-order valence-corrected chi connectivity index (χ1v) is 6.20. The fourth-order valence-electron chi connectivity index (χ4n) is 1.24. The van der Waals surface area contributed by atoms with Gasteiger partial charge in [0.25, 0.3) is 0 Å². The van der Waals surface area contributed by atoms with Gasteiger partial charge in [-0.1, -0.05) is 6.07 Å². The molecule has 1 rings (SSSR count). The van der Waals surface area contributed by atoms with Gasteiger partial charge < -0.3 is 10.5 Å². The Labute approximate surface area is 92.3 Å². The number of rotatable bonds is 5. The average Bonchev–Trinajstić information content (AvgIpc) is 2.17. The first-order valence-electron chi connectivity index (χ1n) is 4.72. The van der Waals surface area contributed by atoms with Crippen molar-refractivity contribution in [1.29, 1.82) is 0 Å². The van der Waals surface area contributed by atoms with E-state index in [9.17, 15) is 4.21 Å². The highest BCUT2D eigenvalue weighted by Crippen LogP contribution is 2.15. The average molecular weight is 228 g/mol. The fraction of sp³-hybridized carbons (Fsp3) is 0.500. The topological polar surface area (TPSA) is 65.2 Å². The fourth-order valence-corrected chi connectivity index (χ4v) is 2.51. The minimum atomic E-state index is -0.958. The Morgan fingerprint density at radius 2 is 2.40 bits per heavy atom. The number of pyridine rings is 1. The van der Waals surface area contributed by atoms with Gasteiger partial charge in [0.15, 0.2) is 0 Å². The van der Waals surface area contributed by atoms with Crippen molar-refractivity contribution in [2.45, 2.75) is 18.7 Å². The van der Waals surface area contributed by atoms with Crippen LogP contribution in [0.15, 0.2) is 18.3 Å². The van der Waals surface area contributed by atoms with E-state index in [1.54, 1.807) is 19.4 Å². The molecule has 0 aliphatic rings. The molecule has 5 heteroatoms. The summed E-state index contributed by atoms with van der Waals surface area (Å²) in [5, 5.41) is 0. The van der Waals surface area contributed by atoms with Crippen LogP contribution >= 0.6 is 0 Å². The van der Waals surface area contributed by atoms with Crippen LogP contribution in [0.25, 0.3) is 0 Å². The highest BCUT2D eigenvalue weighted by Gasteiger charge is 2.09. The quantitative estimate of drug-likeness (QED) is 0.805. The molecule has 2 N–H and O–H groups in total. The maximum absolute atomic E-state index is 11.6. The monoisotopic (exact) mass is 228 g/mol. The van der Waals surface area contributed by atoms with Gasteiger partial charge in [0.1, 0.15) is 0 Å². The molecule has 15 heavy (non-hydrogen) atoms. The van der Waals surface area contributed by atoms with E-state index in [1.807, 2.05) is 13.0 Å². The van der Waals surface area contributed by atoms with E-state index in [-0.39, 0.29) is 6.04 Å². The molecule has 2 unspecified atom stereocenters. The van der Waals surface area contributed by atoms with Gasteiger partial charge in [0, 0.05) is 34.4 Å². The van der Waals surface area contributed by atoms with Crippen LogP contribution in [0.3, 0.4) is 0 Å². The molecule has 0 amide bonds. The second-order valence-corrected chi connectivity index (χ2v) is 4.90. The number of ether oxygens (including phenoxy) is 1. The summed E-state index contributed by atoms with van der Waals surface area (Å²) in [6, 6.07) is 3.62. The van der Waals surface area contributed by atoms with Crippen molar-refractivity contribution in [1.82, 2.24) is 4.98 Å². The Kier molecular flexibility index (Phi) is 4.71. The summed E-state index contributed by atoms with van der Waals surface area (Å²) in [4.78, 5) is 4.04. The predicted molar refractivity (Wildman–Crippen MR) is 61.2 cm³/mol. The maximum atomic E-state index is 11.6. The van der Waals surface area contributed by atoms with E-state index < -0.39 is 10.8 Å². The molecule has 0 spiro atoms. The van der Waals surface area contributed by atoms with Crippen molar-refractivity contribution in [3.63, 3.8) is 0 Å². The molecular formula is C10H16N2O2S. The molecular weight excluding hydrogens is 212 g/mol. The largest absolute Gasteiger partial charge is 0.481 e. The van der Waals surface area contributed by atoms with E-state index in [0.717, 1.165) is 5.56 Å². The molecule has 0 radical (unpaired) electrons. The number of hydrogen-bond donors (Lipinski definition) is 1. The molecule has 0 aromatic carbocycles. The lowest BCUT2D eigenvalue weighted by atomic mass is 10.3. The Hall–Kier alpha value is -0.940. The van der Waals surface area contributed by atoms with Crippen LogP contribution < -0.4 is 10.5 Å². The summed E-state index contributed by atoms with van der Waals surface area (Å²) in [7, 11) is 0.598. The third-order valence-electron chi connectivity index (χ3n) is 1.81. The Morgan fingerprint density at radius 1 is 1.67 bits per heavy atom. The van der Waals surface area contributed by atoms with Gasteiger partial charge in [0.05, 0.1) is 12.9 Å². The van der Waals surface area contributed by atoms with E-state index in [1.165, 1.54) is 0 Å². The minimum absolute atomic E-state index is 0.0477. The van der Waals surface area contributed by atoms with Gasteiger partial charge in [-0.15, -0.1) is 0 Å². The number of nitrogens with zero attached hydrogens (tertiary/aromatic N) is 1. The van der Waals surface area contributed by atoms with Crippen molar-refractivity contribution in [2.24, 2.45) is 5.73 Å². The summed E-state index contributed by atoms with van der Waals surface area (Å²) in [5.74, 6) is 1.48. The van der Waals surface area contributed by atoms with Crippen LogP contribution in [0.5, 0.6) is 5.88 Å². The maximum Gasteiger partial charge on any atom is 0.217 e. The third kappa shape index (κ3) is 3.97. The van der Waals surface area contributed by atoms with Crippen LogP contribution in [0, 0.1) is 0 Å². The Balaban J connectivity index is 2.67. The SMILES string of the molecule is COc1ncccc1CS(=O)CC(C)N. The molecule has 0 bridgehead atoms. The van der Waals surface area contributed by atoms with E-state index in [4.69, 9.17) is 10.5 Å². The standard InChI is InChI=1S/C10H16N2O2S/c1-8(11)6-15(13)7-9-4-3-5-12-10(9)14-2/h3-5,8H,6-7,11H2,1-2H3. The van der Waals surface area contributed by atoms with Gasteiger partial charge in [-0.05, 0) is 13.0 Å². The van der Waals surface area contributed by atoms with Crippen molar-refractivity contribution in [3.8, 4) is 5.88 Å². The summed E-state index contributed by atoms with van der Waals surface area (Å²) in [6.07, 6.45) is 1.65. The highest BCUT2D eigenvalue weighted by atomic mass is 32.2. The highest BCUT2D eigenvalue weighted by molar-refractivity contribution is 7.84. The predicted octanol–water partition coefficient (Wildman–Crippen LogP) is 0.686. The van der Waals surface area contributed by atoms with Gasteiger partial charge in [-0.25, -0.2) is 4.98 Å². The zero-order chi connectivity index (χ0) is 11.3. The molecule has 0 aliphatic carbocycles. The van der Waals surface area contributed by atoms with Crippen LogP contribution in [-0.2, 0) is 16.6 Å². The molecule has 2 atom stereocenters. The van der Waals surface area contributed by atoms with Crippen LogP contribution in [0.1, 0.15) is 12.5 Å². The van der Waals surface area contributed by atoms with Gasteiger partial charge in [-0.2, -0.15) is 0 Å². The summed E-state index contributed by atoms with van der Waals surface area (Å²) in [5.41, 5.74) is 6.44. The zero-order valence-electron chi connectivity index (χ0n) is 8.97. The van der Waals surface area contributed by atoms with Gasteiger partial charge >= 0.3 is 0 Å². The van der Waals surface area contributed by atoms with E-state index in [2.05, 4.69) is 4.98 Å². The molecule has 0 fully saturated rings. The van der Waals surface area contributed by atoms with Crippen LogP contribution in [0.4, 0.5) is 0 Å². The Bertz CT molecular complexity index is 342. The second kappa shape index (κ2) is 5.82. The lowest BCUT2D eigenvalue weighted by Gasteiger charge is -2.08. The summed E-state index contributed by atoms with van der Waals surface area (Å²) >= 11 is 0. The van der Waals surface area contributed by atoms with Crippen molar-refractivity contribution in [2.75, 3.05) is 12.9 Å². The molecule has 1 heterocycles. The second-order valence-electron chi connectivity index (χ2n) is 3.40. The van der Waals surface area contributed by atoms with Crippen molar-refractivity contribution in [3.05, 3.63) is 23.9 Å². The summed E-state index contributed by atoms with van der Waals surface area (Å²) in [6.45, 7) is 1.85. The van der Waals surface area contributed by atoms with Crippen LogP contribution in [0.2, 0.25) is 0 Å². The molecule has 4 nitrogen and oxygen atoms in total. The lowest BCUT2D eigenvalue weighted by Crippen LogP contribution is -2.23. The van der Waals surface area contributed by atoms with Crippen molar-refractivity contribution < 1.29 is 8.95 Å². The Morgan fingerprint density at radius 3 is 3.00 bits per heavy atom. The van der Waals surface area contributed by atoms with E-state index >= 15 is 0 Å². The number of nitrogens with two attached hydrogens (primary N) is 1. The normalized spacial score (nSPS) is 14.6. The smallest absolute Gasteiger partial charge is 0.217 e. The molecule has 0 aliphatic heterocycles. The first-order chi connectivity index (χ1) is 7.13. The number of hydrogen-bond acceptors (Lipinski definition) is 4. The van der Waals surface area contributed by atoms with Crippen LogP contribution in [-0.4, -0.2) is 28.1 Å². The van der Waals surface area contributed by atoms with Gasteiger partial charge in [-0.3, -0.25) is 4.21 Å². The summed E-state index contributed by atoms with van der Waals surface area (Å²) < 4.78 is 16.7. The zero-order valence-corrected chi connectivity index (χ0v) is 9.79. The molecule has 84 valence electrons. The first kappa shape index (κ1) is 12.1. The number of aromatic nitrogens is 1.